The van der Waals surface area contributed by atoms with Crippen LogP contribution in [0.5, 0.6) is 0 Å². The predicted octanol–water partition coefficient (Wildman–Crippen LogP) is 5.46. The number of nitrogens with one attached hydrogen (secondary N) is 1. The Hall–Kier alpha value is -2.07. The molecule has 140 valence electrons. The van der Waals surface area contributed by atoms with Crippen LogP contribution in [0, 0.1) is 3.57 Å². The Morgan fingerprint density at radius 1 is 1.19 bits per heavy atom. The molecule has 0 radical (unpaired) electrons. The van der Waals surface area contributed by atoms with E-state index in [0.717, 1.165) is 6.07 Å². The molecule has 3 aromatic rings. The van der Waals surface area contributed by atoms with Crippen molar-refractivity contribution < 1.29 is 18.0 Å². The number of rotatable bonds is 4. The lowest BCUT2D eigenvalue weighted by Gasteiger charge is -2.13. The van der Waals surface area contributed by atoms with Crippen LogP contribution in [0.2, 0.25) is 5.02 Å². The molecule has 0 aliphatic rings. The minimum atomic E-state index is -4.45. The van der Waals surface area contributed by atoms with Crippen LogP contribution < -0.4 is 5.32 Å². The van der Waals surface area contributed by atoms with Crippen molar-refractivity contribution in [2.75, 3.05) is 5.32 Å². The number of halogens is 5. The van der Waals surface area contributed by atoms with Crippen molar-refractivity contribution in [2.45, 2.75) is 12.7 Å². The maximum absolute atomic E-state index is 13.2. The van der Waals surface area contributed by atoms with E-state index in [1.165, 1.54) is 23.0 Å². The molecule has 2 aromatic carbocycles. The van der Waals surface area contributed by atoms with Crippen molar-refractivity contribution in [3.8, 4) is 0 Å². The largest absolute Gasteiger partial charge is 0.416 e. The lowest BCUT2D eigenvalue weighted by atomic mass is 10.1. The van der Waals surface area contributed by atoms with Crippen LogP contribution in [0.4, 0.5) is 19.0 Å². The van der Waals surface area contributed by atoms with Crippen LogP contribution in [0.3, 0.4) is 0 Å². The van der Waals surface area contributed by atoms with Gasteiger partial charge in [-0.2, -0.15) is 18.3 Å². The minimum Gasteiger partial charge on any atom is -0.305 e. The molecule has 1 aromatic heterocycles. The predicted molar refractivity (Wildman–Crippen MR) is 105 cm³/mol. The summed E-state index contributed by atoms with van der Waals surface area (Å²) in [6, 6.07) is 12.2. The number of carbonyl (C=O) groups is 1. The molecule has 0 saturated heterocycles. The topological polar surface area (TPSA) is 46.9 Å². The van der Waals surface area contributed by atoms with Crippen molar-refractivity contribution in [1.29, 1.82) is 0 Å². The van der Waals surface area contributed by atoms with Crippen LogP contribution in [-0.4, -0.2) is 15.7 Å². The van der Waals surface area contributed by atoms with E-state index in [1.54, 1.807) is 30.3 Å². The molecule has 1 N–H and O–H groups in total. The van der Waals surface area contributed by atoms with Crippen LogP contribution in [0.15, 0.2) is 54.7 Å². The summed E-state index contributed by atoms with van der Waals surface area (Å²) in [5.41, 5.74) is -0.327. The first-order chi connectivity index (χ1) is 12.7. The number of alkyl halides is 3. The molecular formula is C18H12ClF3IN3O. The lowest BCUT2D eigenvalue weighted by Crippen LogP contribution is -2.14. The van der Waals surface area contributed by atoms with Gasteiger partial charge in [-0.3, -0.25) is 9.48 Å². The van der Waals surface area contributed by atoms with Crippen LogP contribution >= 0.6 is 34.2 Å². The van der Waals surface area contributed by atoms with Gasteiger partial charge in [0.15, 0.2) is 5.82 Å². The average Bonchev–Trinajstić information content (AvgIpc) is 3.03. The zero-order valence-electron chi connectivity index (χ0n) is 13.6. The highest BCUT2D eigenvalue weighted by atomic mass is 127. The molecular weight excluding hydrogens is 494 g/mol. The van der Waals surface area contributed by atoms with E-state index in [9.17, 15) is 18.0 Å². The van der Waals surface area contributed by atoms with Gasteiger partial charge in [0.05, 0.1) is 22.7 Å². The van der Waals surface area contributed by atoms with E-state index in [4.69, 9.17) is 11.6 Å². The number of benzene rings is 2. The number of hydrogen-bond acceptors (Lipinski definition) is 2. The first kappa shape index (κ1) is 19.7. The Labute approximate surface area is 171 Å². The first-order valence-electron chi connectivity index (χ1n) is 7.69. The maximum atomic E-state index is 13.2. The van der Waals surface area contributed by atoms with Gasteiger partial charge < -0.3 is 5.32 Å². The normalized spacial score (nSPS) is 11.4. The third-order valence-corrected chi connectivity index (χ3v) is 4.71. The molecule has 9 heteroatoms. The molecule has 3 rings (SSSR count). The second-order valence-electron chi connectivity index (χ2n) is 5.63. The van der Waals surface area contributed by atoms with Crippen molar-refractivity contribution >= 4 is 45.9 Å². The number of carbonyl (C=O) groups excluding carboxylic acids is 1. The van der Waals surface area contributed by atoms with Crippen LogP contribution in [-0.2, 0) is 12.7 Å². The molecule has 0 bridgehead atoms. The third-order valence-electron chi connectivity index (χ3n) is 3.71. The van der Waals surface area contributed by atoms with Gasteiger partial charge in [-0.1, -0.05) is 29.8 Å². The van der Waals surface area contributed by atoms with E-state index in [2.05, 4.69) is 10.4 Å². The summed E-state index contributed by atoms with van der Waals surface area (Å²) in [6.07, 6.45) is -2.95. The molecule has 0 atom stereocenters. The fourth-order valence-electron chi connectivity index (χ4n) is 2.47. The summed E-state index contributed by atoms with van der Waals surface area (Å²) in [5.74, 6) is -0.227. The van der Waals surface area contributed by atoms with Gasteiger partial charge in [0.1, 0.15) is 0 Å². The Morgan fingerprint density at radius 2 is 1.93 bits per heavy atom. The standard InChI is InChI=1S/C18H12ClF3IN3O/c19-15-4-2-1-3-13(15)17(27)24-16-7-8-26(25-16)10-11-5-6-12(23)9-14(11)18(20,21)22/h1-9H,10H2,(H,24,25,27). The van der Waals surface area contributed by atoms with Crippen LogP contribution in [0.25, 0.3) is 0 Å². The Kier molecular flexibility index (Phi) is 5.75. The third kappa shape index (κ3) is 4.81. The highest BCUT2D eigenvalue weighted by Gasteiger charge is 2.33. The quantitative estimate of drug-likeness (QED) is 0.479. The lowest BCUT2D eigenvalue weighted by molar-refractivity contribution is -0.138. The monoisotopic (exact) mass is 505 g/mol. The van der Waals surface area contributed by atoms with Gasteiger partial charge in [-0.05, 0) is 52.4 Å². The second-order valence-corrected chi connectivity index (χ2v) is 7.28. The Morgan fingerprint density at radius 3 is 2.63 bits per heavy atom. The Bertz CT molecular complexity index is 988. The van der Waals surface area contributed by atoms with Gasteiger partial charge in [0.25, 0.3) is 5.91 Å². The SMILES string of the molecule is O=C(Nc1ccn(Cc2ccc(I)cc2C(F)(F)F)n1)c1ccccc1Cl. The second kappa shape index (κ2) is 7.89. The number of aromatic nitrogens is 2. The fourth-order valence-corrected chi connectivity index (χ4v) is 3.18. The van der Waals surface area contributed by atoms with Crippen LogP contribution in [0.1, 0.15) is 21.5 Å². The molecule has 0 unspecified atom stereocenters. The molecule has 1 amide bonds. The molecule has 0 spiro atoms. The van der Waals surface area contributed by atoms with E-state index >= 15 is 0 Å². The van der Waals surface area contributed by atoms with Crippen molar-refractivity contribution in [3.63, 3.8) is 0 Å². The van der Waals surface area contributed by atoms with E-state index in [0.29, 0.717) is 8.59 Å². The summed E-state index contributed by atoms with van der Waals surface area (Å²) in [7, 11) is 0. The zero-order chi connectivity index (χ0) is 19.6. The van der Waals surface area contributed by atoms with E-state index in [1.807, 2.05) is 22.6 Å². The van der Waals surface area contributed by atoms with Crippen molar-refractivity contribution in [2.24, 2.45) is 0 Å². The molecule has 0 aliphatic carbocycles. The molecule has 1 heterocycles. The van der Waals surface area contributed by atoms with Gasteiger partial charge in [0, 0.05) is 15.8 Å². The Balaban J connectivity index is 1.78. The van der Waals surface area contributed by atoms with E-state index in [-0.39, 0.29) is 23.5 Å². The smallest absolute Gasteiger partial charge is 0.305 e. The molecule has 0 saturated carbocycles. The van der Waals surface area contributed by atoms with Crippen molar-refractivity contribution in [3.05, 3.63) is 80.0 Å². The number of nitrogens with zero attached hydrogens (tertiary/aromatic N) is 2. The van der Waals surface area contributed by atoms with E-state index < -0.39 is 17.6 Å². The summed E-state index contributed by atoms with van der Waals surface area (Å²) in [4.78, 5) is 12.2. The number of amides is 1. The van der Waals surface area contributed by atoms with Gasteiger partial charge in [-0.15, -0.1) is 0 Å². The highest BCUT2D eigenvalue weighted by Crippen LogP contribution is 2.33. The first-order valence-corrected chi connectivity index (χ1v) is 9.14. The summed E-state index contributed by atoms with van der Waals surface area (Å²) in [5, 5.41) is 6.99. The van der Waals surface area contributed by atoms with Gasteiger partial charge >= 0.3 is 6.18 Å². The molecule has 4 nitrogen and oxygen atoms in total. The van der Waals surface area contributed by atoms with Crippen molar-refractivity contribution in [1.82, 2.24) is 9.78 Å². The maximum Gasteiger partial charge on any atom is 0.416 e. The number of hydrogen-bond donors (Lipinski definition) is 1. The summed E-state index contributed by atoms with van der Waals surface area (Å²) >= 11 is 7.81. The summed E-state index contributed by atoms with van der Waals surface area (Å²) in [6.45, 7) is -0.0757. The summed E-state index contributed by atoms with van der Waals surface area (Å²) < 4.78 is 41.5. The minimum absolute atomic E-state index is 0.0757. The fraction of sp³-hybridized carbons (Fsp3) is 0.111. The van der Waals surface area contributed by atoms with Gasteiger partial charge in [-0.25, -0.2) is 0 Å². The molecule has 27 heavy (non-hydrogen) atoms. The molecule has 0 aliphatic heterocycles. The average molecular weight is 506 g/mol. The highest BCUT2D eigenvalue weighted by molar-refractivity contribution is 14.1. The number of anilines is 1. The van der Waals surface area contributed by atoms with Gasteiger partial charge in [0.2, 0.25) is 0 Å². The molecule has 0 fully saturated rings. The zero-order valence-corrected chi connectivity index (χ0v) is 16.5.